The monoisotopic (exact) mass is 543 g/mol. The van der Waals surface area contributed by atoms with E-state index >= 15 is 0 Å². The number of rotatable bonds is 12. The van der Waals surface area contributed by atoms with Crippen molar-refractivity contribution in [1.29, 1.82) is 0 Å². The second kappa shape index (κ2) is 13.6. The van der Waals surface area contributed by atoms with Gasteiger partial charge in [0.2, 0.25) is 21.8 Å². The highest BCUT2D eigenvalue weighted by Gasteiger charge is 2.32. The van der Waals surface area contributed by atoms with Crippen molar-refractivity contribution >= 4 is 27.5 Å². The minimum Gasteiger partial charge on any atom is -0.494 e. The lowest BCUT2D eigenvalue weighted by Gasteiger charge is -2.34. The molecule has 1 atom stereocenters. The average Bonchev–Trinajstić information content (AvgIpc) is 2.88. The average molecular weight is 544 g/mol. The fourth-order valence-corrected chi connectivity index (χ4v) is 5.81. The van der Waals surface area contributed by atoms with Gasteiger partial charge in [-0.1, -0.05) is 56.0 Å². The van der Waals surface area contributed by atoms with Gasteiger partial charge in [-0.2, -0.15) is 0 Å². The first kappa shape index (κ1) is 29.5. The second-order valence-electron chi connectivity index (χ2n) is 9.97. The predicted octanol–water partition coefficient (Wildman–Crippen LogP) is 4.42. The van der Waals surface area contributed by atoms with Crippen molar-refractivity contribution < 1.29 is 22.7 Å². The SMILES string of the molecule is CCOc1ccc(N(CC(=O)N(Cc2cccc(C)c2)[C@@H](CC)C(=O)NC2CCCCC2)S(C)(=O)=O)cc1. The van der Waals surface area contributed by atoms with Crippen LogP contribution in [0.25, 0.3) is 0 Å². The molecule has 1 saturated carbocycles. The molecule has 0 heterocycles. The van der Waals surface area contributed by atoms with Crippen LogP contribution in [-0.4, -0.2) is 56.6 Å². The number of anilines is 1. The molecule has 2 amide bonds. The van der Waals surface area contributed by atoms with E-state index in [-0.39, 0.29) is 18.5 Å². The normalized spacial score (nSPS) is 14.9. The maximum atomic E-state index is 13.8. The van der Waals surface area contributed by atoms with Crippen molar-refractivity contribution in [2.75, 3.05) is 23.7 Å². The molecule has 9 heteroatoms. The summed E-state index contributed by atoms with van der Waals surface area (Å²) >= 11 is 0. The van der Waals surface area contributed by atoms with Crippen molar-refractivity contribution in [1.82, 2.24) is 10.2 Å². The zero-order chi connectivity index (χ0) is 27.7. The number of nitrogens with one attached hydrogen (secondary N) is 1. The third-order valence-electron chi connectivity index (χ3n) is 6.89. The Morgan fingerprint density at radius 1 is 1.05 bits per heavy atom. The summed E-state index contributed by atoms with van der Waals surface area (Å²) in [6.45, 7) is 6.00. The third-order valence-corrected chi connectivity index (χ3v) is 8.03. The van der Waals surface area contributed by atoms with Crippen LogP contribution < -0.4 is 14.4 Å². The lowest BCUT2D eigenvalue weighted by molar-refractivity contribution is -0.140. The number of nitrogens with zero attached hydrogens (tertiary/aromatic N) is 2. The first-order valence-electron chi connectivity index (χ1n) is 13.5. The summed E-state index contributed by atoms with van der Waals surface area (Å²) in [5, 5.41) is 3.16. The van der Waals surface area contributed by atoms with Gasteiger partial charge >= 0.3 is 0 Å². The van der Waals surface area contributed by atoms with Gasteiger partial charge < -0.3 is 15.0 Å². The van der Waals surface area contributed by atoms with Crippen LogP contribution in [0.1, 0.15) is 63.5 Å². The third kappa shape index (κ3) is 8.21. The zero-order valence-corrected chi connectivity index (χ0v) is 23.8. The molecule has 0 saturated heterocycles. The molecule has 2 aromatic carbocycles. The Morgan fingerprint density at radius 2 is 1.74 bits per heavy atom. The molecule has 2 aromatic rings. The Bertz CT molecular complexity index is 1180. The number of carbonyl (C=O) groups is 2. The molecular weight excluding hydrogens is 502 g/mol. The molecule has 1 aliphatic rings. The lowest BCUT2D eigenvalue weighted by Crippen LogP contribution is -2.53. The molecule has 0 aliphatic heterocycles. The van der Waals surface area contributed by atoms with Crippen LogP contribution in [0, 0.1) is 6.92 Å². The molecule has 208 valence electrons. The number of carbonyl (C=O) groups excluding carboxylic acids is 2. The number of hydrogen-bond acceptors (Lipinski definition) is 5. The summed E-state index contributed by atoms with van der Waals surface area (Å²) in [5.74, 6) is -0.00799. The molecule has 0 spiro atoms. The van der Waals surface area contributed by atoms with Gasteiger partial charge in [0.15, 0.2) is 0 Å². The highest BCUT2D eigenvalue weighted by molar-refractivity contribution is 7.92. The van der Waals surface area contributed by atoms with Crippen molar-refractivity contribution in [3.05, 3.63) is 59.7 Å². The Kier molecular flexibility index (Phi) is 10.6. The number of aryl methyl sites for hydroxylation is 1. The van der Waals surface area contributed by atoms with Gasteiger partial charge in [-0.05, 0) is 62.9 Å². The van der Waals surface area contributed by atoms with Crippen molar-refractivity contribution in [2.45, 2.75) is 77.9 Å². The summed E-state index contributed by atoms with van der Waals surface area (Å²) in [7, 11) is -3.78. The molecule has 1 aliphatic carbocycles. The fourth-order valence-electron chi connectivity index (χ4n) is 4.96. The minimum atomic E-state index is -3.78. The van der Waals surface area contributed by atoms with Gasteiger partial charge in [0.1, 0.15) is 18.3 Å². The summed E-state index contributed by atoms with van der Waals surface area (Å²) < 4.78 is 32.1. The number of ether oxygens (including phenoxy) is 1. The van der Waals surface area contributed by atoms with E-state index < -0.39 is 28.5 Å². The van der Waals surface area contributed by atoms with E-state index in [1.807, 2.05) is 45.0 Å². The summed E-state index contributed by atoms with van der Waals surface area (Å²) in [5.41, 5.74) is 2.29. The number of sulfonamides is 1. The van der Waals surface area contributed by atoms with Gasteiger partial charge in [0.05, 0.1) is 18.6 Å². The highest BCUT2D eigenvalue weighted by atomic mass is 32.2. The van der Waals surface area contributed by atoms with Crippen molar-refractivity contribution in [2.24, 2.45) is 0 Å². The first-order chi connectivity index (χ1) is 18.1. The topological polar surface area (TPSA) is 96.0 Å². The smallest absolute Gasteiger partial charge is 0.244 e. The van der Waals surface area contributed by atoms with Gasteiger partial charge in [0.25, 0.3) is 0 Å². The van der Waals surface area contributed by atoms with Crippen molar-refractivity contribution in [3.63, 3.8) is 0 Å². The van der Waals surface area contributed by atoms with Crippen LogP contribution in [0.3, 0.4) is 0 Å². The lowest BCUT2D eigenvalue weighted by atomic mass is 9.95. The Labute approximate surface area is 227 Å². The molecule has 0 aromatic heterocycles. The largest absolute Gasteiger partial charge is 0.494 e. The highest BCUT2D eigenvalue weighted by Crippen LogP contribution is 2.23. The van der Waals surface area contributed by atoms with Crippen LogP contribution in [-0.2, 0) is 26.2 Å². The van der Waals surface area contributed by atoms with Crippen LogP contribution >= 0.6 is 0 Å². The molecular formula is C29H41N3O5S. The molecule has 3 rings (SSSR count). The Balaban J connectivity index is 1.89. The van der Waals surface area contributed by atoms with E-state index in [4.69, 9.17) is 4.74 Å². The molecule has 0 radical (unpaired) electrons. The van der Waals surface area contributed by atoms with E-state index in [0.717, 1.165) is 47.4 Å². The predicted molar refractivity (Wildman–Crippen MR) is 151 cm³/mol. The maximum Gasteiger partial charge on any atom is 0.244 e. The molecule has 8 nitrogen and oxygen atoms in total. The van der Waals surface area contributed by atoms with Gasteiger partial charge in [-0.25, -0.2) is 8.42 Å². The van der Waals surface area contributed by atoms with E-state index in [0.29, 0.717) is 24.5 Å². The fraction of sp³-hybridized carbons (Fsp3) is 0.517. The van der Waals surface area contributed by atoms with Crippen molar-refractivity contribution in [3.8, 4) is 5.75 Å². The van der Waals surface area contributed by atoms with Crippen LogP contribution in [0.15, 0.2) is 48.5 Å². The standard InChI is InChI=1S/C29H41N3O5S/c1-5-27(29(34)30-24-13-8-7-9-14-24)31(20-23-12-10-11-22(3)19-23)28(33)21-32(38(4,35)36)25-15-17-26(18-16-25)37-6-2/h10-12,15-19,24,27H,5-9,13-14,20-21H2,1-4H3,(H,30,34)/t27-/m0/s1. The number of amides is 2. The Hall–Kier alpha value is -3.07. The van der Waals surface area contributed by atoms with Gasteiger partial charge in [-0.15, -0.1) is 0 Å². The van der Waals surface area contributed by atoms with E-state index in [9.17, 15) is 18.0 Å². The van der Waals surface area contributed by atoms with Gasteiger partial charge in [0, 0.05) is 12.6 Å². The van der Waals surface area contributed by atoms with E-state index in [1.165, 1.54) is 11.3 Å². The number of benzene rings is 2. The van der Waals surface area contributed by atoms with Gasteiger partial charge in [-0.3, -0.25) is 13.9 Å². The van der Waals surface area contributed by atoms with Crippen LogP contribution in [0.2, 0.25) is 0 Å². The second-order valence-corrected chi connectivity index (χ2v) is 11.9. The van der Waals surface area contributed by atoms with Crippen LogP contribution in [0.5, 0.6) is 5.75 Å². The summed E-state index contributed by atoms with van der Waals surface area (Å²) in [4.78, 5) is 28.8. The zero-order valence-electron chi connectivity index (χ0n) is 23.0. The van der Waals surface area contributed by atoms with E-state index in [2.05, 4.69) is 5.32 Å². The minimum absolute atomic E-state index is 0.109. The van der Waals surface area contributed by atoms with Crippen LogP contribution in [0.4, 0.5) is 5.69 Å². The first-order valence-corrected chi connectivity index (χ1v) is 15.3. The quantitative estimate of drug-likeness (QED) is 0.428. The van der Waals surface area contributed by atoms with E-state index in [1.54, 1.807) is 24.3 Å². The molecule has 1 N–H and O–H groups in total. The Morgan fingerprint density at radius 3 is 2.32 bits per heavy atom. The molecule has 0 unspecified atom stereocenters. The maximum absolute atomic E-state index is 13.8. The molecule has 1 fully saturated rings. The molecule has 0 bridgehead atoms. The summed E-state index contributed by atoms with van der Waals surface area (Å²) in [6.07, 6.45) is 6.71. The summed E-state index contributed by atoms with van der Waals surface area (Å²) in [6, 6.07) is 13.8. The molecule has 38 heavy (non-hydrogen) atoms. The number of hydrogen-bond donors (Lipinski definition) is 1.